The molecular weight excluding hydrogens is 528 g/mol. The van der Waals surface area contributed by atoms with E-state index in [1.165, 1.54) is 12.1 Å². The number of amides is 2. The monoisotopic (exact) mass is 557 g/mol. The quantitative estimate of drug-likeness (QED) is 0.205. The summed E-state index contributed by atoms with van der Waals surface area (Å²) in [5.41, 5.74) is 3.30. The Morgan fingerprint density at radius 1 is 1.16 bits per heavy atom. The van der Waals surface area contributed by atoms with Crippen LogP contribution in [0.2, 0.25) is 0 Å². The van der Waals surface area contributed by atoms with Gasteiger partial charge in [0.05, 0.1) is 28.5 Å². The first-order valence-electron chi connectivity index (χ1n) is 11.6. The largest absolute Gasteiger partial charge is 0.366 e. The van der Waals surface area contributed by atoms with E-state index in [0.29, 0.717) is 17.7 Å². The number of carbonyl (C=O) groups excluding carboxylic acids is 2. The molecular formula is C24H29F2N3O6S2. The molecule has 0 aliphatic carbocycles. The number of sulfone groups is 1. The zero-order valence-electron chi connectivity index (χ0n) is 20.1. The molecule has 1 fully saturated rings. The normalized spacial score (nSPS) is 16.6. The molecule has 202 valence electrons. The smallest absolute Gasteiger partial charge is 0.345 e. The Morgan fingerprint density at radius 3 is 2.43 bits per heavy atom. The highest BCUT2D eigenvalue weighted by molar-refractivity contribution is 7.98. The molecule has 13 heteroatoms. The van der Waals surface area contributed by atoms with Crippen LogP contribution in [0.15, 0.2) is 53.4 Å². The first-order valence-corrected chi connectivity index (χ1v) is 14.2. The maximum Gasteiger partial charge on any atom is 0.345 e. The van der Waals surface area contributed by atoms with E-state index >= 15 is 0 Å². The van der Waals surface area contributed by atoms with Crippen molar-refractivity contribution in [3.8, 4) is 0 Å². The molecule has 9 nitrogen and oxygen atoms in total. The third kappa shape index (κ3) is 7.87. The Kier molecular flexibility index (Phi) is 10.3. The lowest BCUT2D eigenvalue weighted by Crippen LogP contribution is -2.33. The zero-order chi connectivity index (χ0) is 27.0. The predicted octanol–water partition coefficient (Wildman–Crippen LogP) is 3.70. The van der Waals surface area contributed by atoms with Gasteiger partial charge in [-0.1, -0.05) is 19.1 Å². The van der Waals surface area contributed by atoms with Crippen LogP contribution in [-0.2, 0) is 19.4 Å². The molecule has 0 bridgehead atoms. The fraction of sp³-hybridized carbons (Fsp3) is 0.417. The number of ether oxygens (including phenoxy) is 1. The van der Waals surface area contributed by atoms with E-state index in [-0.39, 0.29) is 29.7 Å². The van der Waals surface area contributed by atoms with Crippen molar-refractivity contribution in [2.45, 2.75) is 49.0 Å². The molecule has 1 heterocycles. The lowest BCUT2D eigenvalue weighted by atomic mass is 10.1. The highest BCUT2D eigenvalue weighted by atomic mass is 32.2. The fourth-order valence-electron chi connectivity index (χ4n) is 4.02. The van der Waals surface area contributed by atoms with Gasteiger partial charge in [-0.2, -0.15) is 8.78 Å². The van der Waals surface area contributed by atoms with Crippen molar-refractivity contribution < 1.29 is 36.7 Å². The van der Waals surface area contributed by atoms with Gasteiger partial charge in [0, 0.05) is 24.2 Å². The summed E-state index contributed by atoms with van der Waals surface area (Å²) in [4.78, 5) is 26.7. The van der Waals surface area contributed by atoms with Crippen LogP contribution < -0.4 is 15.1 Å². The molecule has 0 radical (unpaired) electrons. The standard InChI is InChI=1S/C24H29F2N3O6S2/c1-2-37(33,34)20-11-7-16(8-12-20)21(14-22(30)27-32)36-28-23(31)17-5-9-18(10-6-17)29-13-3-4-19(29)15-35-24(25)26/h5-12,19,21,24,32H,2-4,13-15H2,1H3,(H,27,30)(H,28,31)/t19-,21-/m0/s1. The number of nitrogens with one attached hydrogen (secondary N) is 2. The van der Waals surface area contributed by atoms with Gasteiger partial charge in [-0.25, -0.2) is 13.9 Å². The summed E-state index contributed by atoms with van der Waals surface area (Å²) in [5.74, 6) is -1.14. The number of hydrogen-bond acceptors (Lipinski definition) is 8. The molecule has 2 aromatic rings. The molecule has 1 saturated heterocycles. The van der Waals surface area contributed by atoms with Gasteiger partial charge in [-0.15, -0.1) is 0 Å². The fourth-order valence-corrected chi connectivity index (χ4v) is 5.80. The SMILES string of the molecule is CCS(=O)(=O)c1ccc([C@H](CC(=O)NO)SNC(=O)c2ccc(N3CCC[C@H]3COC(F)F)cc2)cc1. The molecule has 0 saturated carbocycles. The maximum absolute atomic E-state index is 12.8. The van der Waals surface area contributed by atoms with Crippen molar-refractivity contribution in [1.82, 2.24) is 10.2 Å². The molecule has 37 heavy (non-hydrogen) atoms. The van der Waals surface area contributed by atoms with Gasteiger partial charge < -0.3 is 9.64 Å². The first kappa shape index (κ1) is 28.8. The second-order valence-corrected chi connectivity index (χ2v) is 11.7. The van der Waals surface area contributed by atoms with Crippen LogP contribution in [0.3, 0.4) is 0 Å². The van der Waals surface area contributed by atoms with E-state index in [0.717, 1.165) is 30.5 Å². The summed E-state index contributed by atoms with van der Waals surface area (Å²) >= 11 is 0.961. The van der Waals surface area contributed by atoms with Crippen molar-refractivity contribution in [3.63, 3.8) is 0 Å². The Balaban J connectivity index is 1.66. The Bertz CT molecular complexity index is 1160. The number of halogens is 2. The average molecular weight is 558 g/mol. The molecule has 3 N–H and O–H groups in total. The average Bonchev–Trinajstić information content (AvgIpc) is 3.38. The molecule has 0 aromatic heterocycles. The van der Waals surface area contributed by atoms with Crippen LogP contribution in [-0.4, -0.2) is 57.0 Å². The van der Waals surface area contributed by atoms with Crippen LogP contribution in [0.1, 0.15) is 47.4 Å². The topological polar surface area (TPSA) is 125 Å². The first-order chi connectivity index (χ1) is 17.6. The Morgan fingerprint density at radius 2 is 1.84 bits per heavy atom. The molecule has 0 spiro atoms. The van der Waals surface area contributed by atoms with E-state index in [1.54, 1.807) is 48.8 Å². The maximum atomic E-state index is 12.8. The highest BCUT2D eigenvalue weighted by Crippen LogP contribution is 2.32. The second kappa shape index (κ2) is 13.2. The summed E-state index contributed by atoms with van der Waals surface area (Å²) in [7, 11) is -3.39. The van der Waals surface area contributed by atoms with Crippen LogP contribution >= 0.6 is 11.9 Å². The Labute approximate surface area is 218 Å². The zero-order valence-corrected chi connectivity index (χ0v) is 21.7. The molecule has 3 rings (SSSR count). The van der Waals surface area contributed by atoms with Gasteiger partial charge >= 0.3 is 6.61 Å². The van der Waals surface area contributed by atoms with Gasteiger partial charge in [-0.3, -0.25) is 19.5 Å². The van der Waals surface area contributed by atoms with E-state index in [9.17, 15) is 26.8 Å². The van der Waals surface area contributed by atoms with Gasteiger partial charge in [-0.05, 0) is 66.8 Å². The molecule has 2 aromatic carbocycles. The van der Waals surface area contributed by atoms with Gasteiger partial charge in [0.15, 0.2) is 9.84 Å². The summed E-state index contributed by atoms with van der Waals surface area (Å²) < 4.78 is 56.1. The van der Waals surface area contributed by atoms with Gasteiger partial charge in [0.25, 0.3) is 5.91 Å². The molecule has 2 amide bonds. The van der Waals surface area contributed by atoms with Crippen LogP contribution in [0.4, 0.5) is 14.5 Å². The van der Waals surface area contributed by atoms with E-state index in [4.69, 9.17) is 5.21 Å². The van der Waals surface area contributed by atoms with Gasteiger partial charge in [0.2, 0.25) is 5.91 Å². The number of carbonyl (C=O) groups is 2. The minimum Gasteiger partial charge on any atom is -0.366 e. The third-order valence-electron chi connectivity index (χ3n) is 6.03. The van der Waals surface area contributed by atoms with Crippen LogP contribution in [0, 0.1) is 0 Å². The number of alkyl halides is 2. The lowest BCUT2D eigenvalue weighted by Gasteiger charge is -2.26. The Hall–Kier alpha value is -2.74. The van der Waals surface area contributed by atoms with E-state index in [1.807, 2.05) is 4.90 Å². The van der Waals surface area contributed by atoms with Crippen molar-refractivity contribution in [2.75, 3.05) is 23.8 Å². The van der Waals surface area contributed by atoms with Crippen LogP contribution in [0.25, 0.3) is 0 Å². The summed E-state index contributed by atoms with van der Waals surface area (Å²) in [5, 5.41) is 8.34. The highest BCUT2D eigenvalue weighted by Gasteiger charge is 2.26. The number of hydrogen-bond donors (Lipinski definition) is 3. The molecule has 1 aliphatic heterocycles. The van der Waals surface area contributed by atoms with E-state index in [2.05, 4.69) is 9.46 Å². The minimum absolute atomic E-state index is 0.0474. The minimum atomic E-state index is -3.39. The number of rotatable bonds is 12. The van der Waals surface area contributed by atoms with E-state index < -0.39 is 33.5 Å². The number of hydroxylamine groups is 1. The number of nitrogens with zero attached hydrogens (tertiary/aromatic N) is 1. The van der Waals surface area contributed by atoms with Crippen LogP contribution in [0.5, 0.6) is 0 Å². The van der Waals surface area contributed by atoms with Crippen molar-refractivity contribution in [1.29, 1.82) is 0 Å². The molecule has 1 aliphatic rings. The van der Waals surface area contributed by atoms with Crippen molar-refractivity contribution in [2.24, 2.45) is 0 Å². The predicted molar refractivity (Wildman–Crippen MR) is 135 cm³/mol. The second-order valence-electron chi connectivity index (χ2n) is 8.38. The number of anilines is 1. The molecule has 2 atom stereocenters. The van der Waals surface area contributed by atoms with Gasteiger partial charge in [0.1, 0.15) is 0 Å². The van der Waals surface area contributed by atoms with Crippen molar-refractivity contribution >= 4 is 39.3 Å². The summed E-state index contributed by atoms with van der Waals surface area (Å²) in [6.45, 7) is -0.655. The molecule has 0 unspecified atom stereocenters. The number of benzene rings is 2. The van der Waals surface area contributed by atoms with Crippen molar-refractivity contribution in [3.05, 3.63) is 59.7 Å². The third-order valence-corrected chi connectivity index (χ3v) is 8.81. The summed E-state index contributed by atoms with van der Waals surface area (Å²) in [6.07, 6.45) is 1.42. The summed E-state index contributed by atoms with van der Waals surface area (Å²) in [6, 6.07) is 12.6. The lowest BCUT2D eigenvalue weighted by molar-refractivity contribution is -0.131.